The summed E-state index contributed by atoms with van der Waals surface area (Å²) >= 11 is 10.9. The van der Waals surface area contributed by atoms with Gasteiger partial charge in [0.15, 0.2) is 11.0 Å². The van der Waals surface area contributed by atoms with Gasteiger partial charge < -0.3 is 9.30 Å². The van der Waals surface area contributed by atoms with E-state index in [0.717, 1.165) is 32.5 Å². The second-order valence-electron chi connectivity index (χ2n) is 5.02. The van der Waals surface area contributed by atoms with Crippen molar-refractivity contribution in [2.75, 3.05) is 12.4 Å². The molecular weight excluding hydrogens is 410 g/mol. The summed E-state index contributed by atoms with van der Waals surface area (Å²) in [6.45, 7) is 0.607. The molecule has 1 heterocycles. The fourth-order valence-corrected chi connectivity index (χ4v) is 3.23. The maximum Gasteiger partial charge on any atom is 0.191 e. The van der Waals surface area contributed by atoms with Gasteiger partial charge in [-0.2, -0.15) is 0 Å². The predicted octanol–water partition coefficient (Wildman–Crippen LogP) is 5.07. The summed E-state index contributed by atoms with van der Waals surface area (Å²) in [6.07, 6.45) is 0. The number of aromatic nitrogens is 3. The van der Waals surface area contributed by atoms with Crippen LogP contribution in [0.5, 0.6) is 5.75 Å². The van der Waals surface area contributed by atoms with Gasteiger partial charge in [0.2, 0.25) is 0 Å². The Kier molecular flexibility index (Phi) is 5.81. The summed E-state index contributed by atoms with van der Waals surface area (Å²) in [6, 6.07) is 15.4. The van der Waals surface area contributed by atoms with Crippen LogP contribution in [0.3, 0.4) is 0 Å². The monoisotopic (exact) mass is 423 g/mol. The highest BCUT2D eigenvalue weighted by Crippen LogP contribution is 2.24. The van der Waals surface area contributed by atoms with Gasteiger partial charge in [-0.25, -0.2) is 0 Å². The van der Waals surface area contributed by atoms with Gasteiger partial charge in [-0.15, -0.1) is 10.2 Å². The first-order valence-electron chi connectivity index (χ1n) is 7.30. The van der Waals surface area contributed by atoms with Crippen molar-refractivity contribution in [2.24, 2.45) is 7.05 Å². The Morgan fingerprint density at radius 3 is 2.50 bits per heavy atom. The molecule has 0 N–H and O–H groups in total. The van der Waals surface area contributed by atoms with Crippen LogP contribution >= 0.6 is 39.3 Å². The van der Waals surface area contributed by atoms with E-state index < -0.39 is 0 Å². The third-order valence-electron chi connectivity index (χ3n) is 3.33. The zero-order valence-corrected chi connectivity index (χ0v) is 16.1. The summed E-state index contributed by atoms with van der Waals surface area (Å²) in [4.78, 5) is 0. The van der Waals surface area contributed by atoms with Crippen molar-refractivity contribution in [1.29, 1.82) is 0 Å². The van der Waals surface area contributed by atoms with Crippen molar-refractivity contribution in [1.82, 2.24) is 14.8 Å². The maximum absolute atomic E-state index is 5.92. The van der Waals surface area contributed by atoms with E-state index in [0.29, 0.717) is 11.6 Å². The zero-order valence-electron chi connectivity index (χ0n) is 12.9. The number of rotatable bonds is 6. The molecule has 0 saturated carbocycles. The molecule has 4 nitrogen and oxygen atoms in total. The van der Waals surface area contributed by atoms with E-state index in [2.05, 4.69) is 26.1 Å². The Hall–Kier alpha value is -1.50. The number of halogens is 2. The number of nitrogens with zero attached hydrogens (tertiary/aromatic N) is 3. The van der Waals surface area contributed by atoms with Gasteiger partial charge in [-0.05, 0) is 48.5 Å². The third kappa shape index (κ3) is 4.32. The van der Waals surface area contributed by atoms with Gasteiger partial charge in [-0.3, -0.25) is 0 Å². The van der Waals surface area contributed by atoms with E-state index in [-0.39, 0.29) is 0 Å². The quantitative estimate of drug-likeness (QED) is 0.409. The zero-order chi connectivity index (χ0) is 16.9. The molecule has 0 spiro atoms. The lowest BCUT2D eigenvalue weighted by atomic mass is 10.2. The van der Waals surface area contributed by atoms with E-state index in [1.807, 2.05) is 60.1 Å². The molecule has 24 heavy (non-hydrogen) atoms. The lowest BCUT2D eigenvalue weighted by Crippen LogP contribution is -2.02. The molecule has 0 fully saturated rings. The standard InChI is InChI=1S/C17H15BrClN3OS/c1-22-16(12-2-6-14(19)7-3-12)20-21-17(22)24-11-10-23-15-8-4-13(18)5-9-15/h2-9H,10-11H2,1H3. The van der Waals surface area contributed by atoms with Crippen molar-refractivity contribution >= 4 is 39.3 Å². The van der Waals surface area contributed by atoms with Crippen LogP contribution in [0.4, 0.5) is 0 Å². The molecule has 0 aliphatic heterocycles. The average molecular weight is 425 g/mol. The van der Waals surface area contributed by atoms with Gasteiger partial charge in [0, 0.05) is 27.9 Å². The number of thioether (sulfide) groups is 1. The molecule has 3 aromatic rings. The molecule has 1 aromatic heterocycles. The van der Waals surface area contributed by atoms with Gasteiger partial charge in [0.05, 0.1) is 6.61 Å². The lowest BCUT2D eigenvalue weighted by molar-refractivity contribution is 0.344. The van der Waals surface area contributed by atoms with Crippen LogP contribution in [0.15, 0.2) is 58.2 Å². The van der Waals surface area contributed by atoms with E-state index >= 15 is 0 Å². The molecule has 0 amide bonds. The fraction of sp³-hybridized carbons (Fsp3) is 0.176. The molecular formula is C17H15BrClN3OS. The maximum atomic E-state index is 5.92. The molecule has 3 rings (SSSR count). The van der Waals surface area contributed by atoms with E-state index in [1.165, 1.54) is 0 Å². The minimum atomic E-state index is 0.607. The van der Waals surface area contributed by atoms with E-state index in [9.17, 15) is 0 Å². The van der Waals surface area contributed by atoms with Crippen LogP contribution in [0.1, 0.15) is 0 Å². The molecule has 0 radical (unpaired) electrons. The van der Waals surface area contributed by atoms with Crippen molar-refractivity contribution in [3.63, 3.8) is 0 Å². The molecule has 2 aromatic carbocycles. The van der Waals surface area contributed by atoms with Crippen LogP contribution in [0.25, 0.3) is 11.4 Å². The topological polar surface area (TPSA) is 39.9 Å². The van der Waals surface area contributed by atoms with Crippen LogP contribution in [-0.4, -0.2) is 27.1 Å². The lowest BCUT2D eigenvalue weighted by Gasteiger charge is -2.06. The first kappa shape index (κ1) is 17.3. The van der Waals surface area contributed by atoms with Crippen molar-refractivity contribution in [2.45, 2.75) is 5.16 Å². The molecule has 0 unspecified atom stereocenters. The Balaban J connectivity index is 1.56. The number of ether oxygens (including phenoxy) is 1. The van der Waals surface area contributed by atoms with Crippen LogP contribution in [0, 0.1) is 0 Å². The van der Waals surface area contributed by atoms with Crippen molar-refractivity contribution < 1.29 is 4.74 Å². The molecule has 0 saturated heterocycles. The third-order valence-corrected chi connectivity index (χ3v) is 5.10. The fourth-order valence-electron chi connectivity index (χ4n) is 2.11. The second kappa shape index (κ2) is 8.05. The highest BCUT2D eigenvalue weighted by Gasteiger charge is 2.11. The van der Waals surface area contributed by atoms with Gasteiger partial charge in [0.25, 0.3) is 0 Å². The largest absolute Gasteiger partial charge is 0.493 e. The first-order chi connectivity index (χ1) is 11.6. The van der Waals surface area contributed by atoms with Crippen LogP contribution in [0.2, 0.25) is 5.02 Å². The SMILES string of the molecule is Cn1c(SCCOc2ccc(Br)cc2)nnc1-c1ccc(Cl)cc1. The molecule has 0 aliphatic rings. The molecule has 124 valence electrons. The summed E-state index contributed by atoms with van der Waals surface area (Å²) in [5.74, 6) is 2.48. The normalized spacial score (nSPS) is 10.8. The molecule has 7 heteroatoms. The Morgan fingerprint density at radius 2 is 1.79 bits per heavy atom. The summed E-state index contributed by atoms with van der Waals surface area (Å²) in [5.41, 5.74) is 0.993. The second-order valence-corrected chi connectivity index (χ2v) is 7.44. The summed E-state index contributed by atoms with van der Waals surface area (Å²) < 4.78 is 8.73. The smallest absolute Gasteiger partial charge is 0.191 e. The van der Waals surface area contributed by atoms with E-state index in [4.69, 9.17) is 16.3 Å². The van der Waals surface area contributed by atoms with Gasteiger partial charge in [0.1, 0.15) is 5.75 Å². The predicted molar refractivity (Wildman–Crippen MR) is 102 cm³/mol. The minimum absolute atomic E-state index is 0.607. The van der Waals surface area contributed by atoms with Crippen molar-refractivity contribution in [3.8, 4) is 17.1 Å². The van der Waals surface area contributed by atoms with Gasteiger partial charge in [-0.1, -0.05) is 39.3 Å². The van der Waals surface area contributed by atoms with Crippen molar-refractivity contribution in [3.05, 3.63) is 58.0 Å². The number of benzene rings is 2. The molecule has 0 aliphatic carbocycles. The van der Waals surface area contributed by atoms with Gasteiger partial charge >= 0.3 is 0 Å². The highest BCUT2D eigenvalue weighted by molar-refractivity contribution is 9.10. The minimum Gasteiger partial charge on any atom is -0.493 e. The number of hydrogen-bond donors (Lipinski definition) is 0. The summed E-state index contributed by atoms with van der Waals surface area (Å²) in [5, 5.41) is 10.1. The van der Waals surface area contributed by atoms with E-state index in [1.54, 1.807) is 11.8 Å². The first-order valence-corrected chi connectivity index (χ1v) is 9.45. The Bertz CT molecular complexity index is 806. The molecule has 0 atom stereocenters. The highest BCUT2D eigenvalue weighted by atomic mass is 79.9. The van der Waals surface area contributed by atoms with Crippen LogP contribution in [-0.2, 0) is 7.05 Å². The number of hydrogen-bond acceptors (Lipinski definition) is 4. The molecule has 0 bridgehead atoms. The Labute approximate surface area is 158 Å². The average Bonchev–Trinajstić information content (AvgIpc) is 2.95. The summed E-state index contributed by atoms with van der Waals surface area (Å²) in [7, 11) is 1.96. The van der Waals surface area contributed by atoms with Crippen LogP contribution < -0.4 is 4.74 Å². The Morgan fingerprint density at radius 1 is 1.08 bits per heavy atom.